The summed E-state index contributed by atoms with van der Waals surface area (Å²) in [6.45, 7) is 1.05. The zero-order valence-electron chi connectivity index (χ0n) is 10.3. The third kappa shape index (κ3) is 4.75. The van der Waals surface area contributed by atoms with Gasteiger partial charge in [0.2, 0.25) is 5.91 Å². The summed E-state index contributed by atoms with van der Waals surface area (Å²) in [5.41, 5.74) is -0.0236. The first-order valence-electron chi connectivity index (χ1n) is 5.35. The summed E-state index contributed by atoms with van der Waals surface area (Å²) in [6.07, 6.45) is -5.10. The quantitative estimate of drug-likeness (QED) is 0.652. The molecule has 0 heterocycles. The first-order chi connectivity index (χ1) is 9.52. The van der Waals surface area contributed by atoms with Crippen molar-refractivity contribution < 1.29 is 27.2 Å². The molecular weight excluding hydrogens is 339 g/mol. The summed E-state index contributed by atoms with van der Waals surface area (Å²) in [5, 5.41) is 2.87. The molecule has 1 aromatic carbocycles. The fourth-order valence-corrected chi connectivity index (χ4v) is 1.71. The summed E-state index contributed by atoms with van der Waals surface area (Å²) in [5.74, 6) is -4.10. The fourth-order valence-electron chi connectivity index (χ4n) is 1.22. The Balaban J connectivity index is 2.75. The second kappa shape index (κ2) is 6.48. The Labute approximate surface area is 126 Å². The van der Waals surface area contributed by atoms with Gasteiger partial charge in [-0.15, -0.1) is 0 Å². The van der Waals surface area contributed by atoms with E-state index in [1.807, 2.05) is 0 Å². The number of carbonyl (C=O) groups excluding carboxylic acids is 2. The number of alkyl halides is 3. The Hall–Kier alpha value is -1.54. The number of hydrogen-bond donors (Lipinski definition) is 2. The van der Waals surface area contributed by atoms with Gasteiger partial charge in [0.05, 0.1) is 10.0 Å². The number of carbonyl (C=O) groups is 2. The van der Waals surface area contributed by atoms with Crippen LogP contribution in [0.1, 0.15) is 6.92 Å². The van der Waals surface area contributed by atoms with Crippen molar-refractivity contribution in [2.24, 2.45) is 0 Å². The number of nitrogens with one attached hydrogen (secondary N) is 2. The molecule has 10 heteroatoms. The van der Waals surface area contributed by atoms with Gasteiger partial charge in [0.1, 0.15) is 6.04 Å². The van der Waals surface area contributed by atoms with Crippen molar-refractivity contribution >= 4 is 40.7 Å². The van der Waals surface area contributed by atoms with Crippen LogP contribution in [0.15, 0.2) is 12.1 Å². The fraction of sp³-hybridized carbons (Fsp3) is 0.273. The number of anilines is 1. The summed E-state index contributed by atoms with van der Waals surface area (Å²) in [6, 6.07) is 0.583. The summed E-state index contributed by atoms with van der Waals surface area (Å²) in [7, 11) is 0. The Morgan fingerprint density at radius 1 is 1.19 bits per heavy atom. The van der Waals surface area contributed by atoms with Crippen molar-refractivity contribution in [2.75, 3.05) is 5.32 Å². The highest BCUT2D eigenvalue weighted by Gasteiger charge is 2.40. The van der Waals surface area contributed by atoms with Crippen LogP contribution in [0.5, 0.6) is 0 Å². The molecule has 0 aliphatic rings. The van der Waals surface area contributed by atoms with Gasteiger partial charge in [-0.1, -0.05) is 23.2 Å². The van der Waals surface area contributed by atoms with Crippen molar-refractivity contribution in [3.63, 3.8) is 0 Å². The third-order valence-electron chi connectivity index (χ3n) is 2.25. The van der Waals surface area contributed by atoms with Gasteiger partial charge in [-0.05, 0) is 19.1 Å². The molecule has 21 heavy (non-hydrogen) atoms. The van der Waals surface area contributed by atoms with Gasteiger partial charge in [0.15, 0.2) is 5.82 Å². The number of rotatable bonds is 3. The van der Waals surface area contributed by atoms with E-state index < -0.39 is 29.8 Å². The Bertz CT molecular complexity index is 555. The molecule has 2 N–H and O–H groups in total. The molecule has 0 aliphatic heterocycles. The maximum absolute atomic E-state index is 13.2. The molecule has 0 saturated heterocycles. The maximum atomic E-state index is 13.2. The lowest BCUT2D eigenvalue weighted by molar-refractivity contribution is -0.174. The van der Waals surface area contributed by atoms with Gasteiger partial charge in [-0.3, -0.25) is 9.59 Å². The van der Waals surface area contributed by atoms with Crippen LogP contribution < -0.4 is 10.6 Å². The van der Waals surface area contributed by atoms with Crippen LogP contribution in [0.25, 0.3) is 0 Å². The van der Waals surface area contributed by atoms with Crippen molar-refractivity contribution in [3.05, 3.63) is 28.0 Å². The predicted molar refractivity (Wildman–Crippen MR) is 68.7 cm³/mol. The largest absolute Gasteiger partial charge is 0.471 e. The molecule has 1 aromatic rings. The Kier molecular flexibility index (Phi) is 5.41. The van der Waals surface area contributed by atoms with Gasteiger partial charge >= 0.3 is 12.1 Å². The van der Waals surface area contributed by atoms with E-state index in [2.05, 4.69) is 5.32 Å². The molecule has 0 radical (unpaired) electrons. The normalized spacial score (nSPS) is 12.7. The minimum absolute atomic E-state index is 0.0236. The second-order valence-corrected chi connectivity index (χ2v) is 4.75. The Morgan fingerprint density at radius 3 is 2.10 bits per heavy atom. The molecule has 0 saturated carbocycles. The van der Waals surface area contributed by atoms with Gasteiger partial charge in [-0.2, -0.15) is 13.2 Å². The minimum atomic E-state index is -5.10. The first-order valence-corrected chi connectivity index (χ1v) is 6.11. The number of amides is 2. The smallest absolute Gasteiger partial charge is 0.337 e. The monoisotopic (exact) mass is 346 g/mol. The molecule has 0 spiro atoms. The maximum Gasteiger partial charge on any atom is 0.471 e. The highest BCUT2D eigenvalue weighted by atomic mass is 35.5. The van der Waals surface area contributed by atoms with E-state index in [1.54, 1.807) is 0 Å². The molecule has 0 aromatic heterocycles. The van der Waals surface area contributed by atoms with E-state index in [0.717, 1.165) is 19.1 Å². The predicted octanol–water partition coefficient (Wildman–Crippen LogP) is 3.14. The van der Waals surface area contributed by atoms with E-state index in [4.69, 9.17) is 23.2 Å². The van der Waals surface area contributed by atoms with Crippen LogP contribution in [0.3, 0.4) is 0 Å². The molecule has 0 bridgehead atoms. The van der Waals surface area contributed by atoms with Crippen molar-refractivity contribution in [2.45, 2.75) is 19.1 Å². The second-order valence-electron chi connectivity index (χ2n) is 3.94. The van der Waals surface area contributed by atoms with Crippen LogP contribution in [0, 0.1) is 5.82 Å². The standard InChI is InChI=1S/C11H8Cl2F4N2O2/c1-4(18-10(21)11(15,16)17)9(20)19-5-2-6(12)8(14)7(13)3-5/h2-4H,1H3,(H,18,21)(H,19,20)/t4-/m1/s1. The van der Waals surface area contributed by atoms with Crippen LogP contribution in [0.4, 0.5) is 23.2 Å². The highest BCUT2D eigenvalue weighted by molar-refractivity contribution is 6.35. The average Bonchev–Trinajstić information content (AvgIpc) is 2.34. The lowest BCUT2D eigenvalue weighted by Crippen LogP contribution is -2.47. The SMILES string of the molecule is C[C@@H](NC(=O)C(F)(F)F)C(=O)Nc1cc(Cl)c(F)c(Cl)c1. The van der Waals surface area contributed by atoms with Crippen LogP contribution in [0.2, 0.25) is 10.0 Å². The van der Waals surface area contributed by atoms with E-state index in [-0.39, 0.29) is 15.7 Å². The van der Waals surface area contributed by atoms with E-state index >= 15 is 0 Å². The van der Waals surface area contributed by atoms with Crippen LogP contribution in [-0.4, -0.2) is 24.0 Å². The van der Waals surface area contributed by atoms with Gasteiger partial charge in [0.25, 0.3) is 0 Å². The number of hydrogen-bond acceptors (Lipinski definition) is 2. The average molecular weight is 347 g/mol. The lowest BCUT2D eigenvalue weighted by atomic mass is 10.2. The Morgan fingerprint density at radius 2 is 1.67 bits per heavy atom. The summed E-state index contributed by atoms with van der Waals surface area (Å²) >= 11 is 11.0. The van der Waals surface area contributed by atoms with Crippen molar-refractivity contribution in [1.29, 1.82) is 0 Å². The summed E-state index contributed by atoms with van der Waals surface area (Å²) < 4.78 is 49.2. The topological polar surface area (TPSA) is 58.2 Å². The van der Waals surface area contributed by atoms with E-state index in [9.17, 15) is 27.2 Å². The van der Waals surface area contributed by atoms with Crippen molar-refractivity contribution in [3.8, 4) is 0 Å². The molecule has 0 fully saturated rings. The molecule has 116 valence electrons. The molecule has 1 atom stereocenters. The van der Waals surface area contributed by atoms with Crippen molar-refractivity contribution in [1.82, 2.24) is 5.32 Å². The van der Waals surface area contributed by atoms with E-state index in [0.29, 0.717) is 0 Å². The zero-order chi connectivity index (χ0) is 16.4. The molecule has 1 rings (SSSR count). The lowest BCUT2D eigenvalue weighted by Gasteiger charge is -2.15. The van der Waals surface area contributed by atoms with Gasteiger partial charge in [-0.25, -0.2) is 4.39 Å². The van der Waals surface area contributed by atoms with Crippen LogP contribution >= 0.6 is 23.2 Å². The molecule has 0 aliphatic carbocycles. The molecule has 2 amide bonds. The highest BCUT2D eigenvalue weighted by Crippen LogP contribution is 2.27. The zero-order valence-corrected chi connectivity index (χ0v) is 11.8. The first kappa shape index (κ1) is 17.5. The van der Waals surface area contributed by atoms with Crippen LogP contribution in [-0.2, 0) is 9.59 Å². The number of halogens is 6. The van der Waals surface area contributed by atoms with E-state index in [1.165, 1.54) is 5.32 Å². The molecule has 4 nitrogen and oxygen atoms in total. The number of benzene rings is 1. The minimum Gasteiger partial charge on any atom is -0.337 e. The molecule has 0 unspecified atom stereocenters. The van der Waals surface area contributed by atoms with Gasteiger partial charge < -0.3 is 10.6 Å². The van der Waals surface area contributed by atoms with Gasteiger partial charge in [0, 0.05) is 5.69 Å². The molecular formula is C11H8Cl2F4N2O2. The summed E-state index contributed by atoms with van der Waals surface area (Å²) in [4.78, 5) is 22.3. The third-order valence-corrected chi connectivity index (χ3v) is 2.80.